The second-order valence-corrected chi connectivity index (χ2v) is 5.61. The van der Waals surface area contributed by atoms with Crippen molar-refractivity contribution >= 4 is 29.1 Å². The standard InChI is InChI=1S/C14H17ClN4O2/c1-8(2)11(14(20)21)6-9-5-10(15)3-4-12(9)17-13-7-16-19-18-13/h3-5,7-8,11H,6H2,1-2H3,(H,20,21)(H2,16,17,18,19). The Hall–Kier alpha value is -2.08. The first-order valence-corrected chi connectivity index (χ1v) is 6.99. The molecule has 2 rings (SSSR count). The highest BCUT2D eigenvalue weighted by Gasteiger charge is 2.23. The summed E-state index contributed by atoms with van der Waals surface area (Å²) in [7, 11) is 0. The Balaban J connectivity index is 2.28. The number of nitrogens with one attached hydrogen (secondary N) is 2. The molecule has 112 valence electrons. The Bertz CT molecular complexity index is 613. The van der Waals surface area contributed by atoms with Gasteiger partial charge in [0.05, 0.1) is 12.1 Å². The molecular formula is C14H17ClN4O2. The summed E-state index contributed by atoms with van der Waals surface area (Å²) in [6.07, 6.45) is 1.95. The third kappa shape index (κ3) is 3.95. The number of nitrogens with zero attached hydrogens (tertiary/aromatic N) is 2. The van der Waals surface area contributed by atoms with Crippen LogP contribution in [0.1, 0.15) is 19.4 Å². The topological polar surface area (TPSA) is 90.9 Å². The molecule has 7 heteroatoms. The highest BCUT2D eigenvalue weighted by Crippen LogP contribution is 2.28. The third-order valence-corrected chi connectivity index (χ3v) is 3.54. The van der Waals surface area contributed by atoms with Gasteiger partial charge in [0.25, 0.3) is 0 Å². The molecular weight excluding hydrogens is 292 g/mol. The second-order valence-electron chi connectivity index (χ2n) is 5.17. The minimum absolute atomic E-state index is 0.0291. The number of aromatic amines is 1. The molecule has 21 heavy (non-hydrogen) atoms. The number of hydrogen-bond donors (Lipinski definition) is 3. The van der Waals surface area contributed by atoms with Crippen LogP contribution in [-0.4, -0.2) is 26.5 Å². The molecule has 0 radical (unpaired) electrons. The average Bonchev–Trinajstić information content (AvgIpc) is 2.91. The molecule has 3 N–H and O–H groups in total. The molecule has 0 saturated heterocycles. The number of aliphatic carboxylic acids is 1. The fourth-order valence-electron chi connectivity index (χ4n) is 2.10. The number of carboxylic acid groups (broad SMARTS) is 1. The van der Waals surface area contributed by atoms with E-state index in [-0.39, 0.29) is 5.92 Å². The minimum Gasteiger partial charge on any atom is -0.481 e. The van der Waals surface area contributed by atoms with Crippen molar-refractivity contribution in [3.8, 4) is 0 Å². The summed E-state index contributed by atoms with van der Waals surface area (Å²) in [6.45, 7) is 3.79. The molecule has 0 bridgehead atoms. The summed E-state index contributed by atoms with van der Waals surface area (Å²) < 4.78 is 0. The molecule has 0 aliphatic rings. The van der Waals surface area contributed by atoms with Crippen molar-refractivity contribution in [2.45, 2.75) is 20.3 Å². The van der Waals surface area contributed by atoms with Crippen molar-refractivity contribution in [1.82, 2.24) is 15.4 Å². The lowest BCUT2D eigenvalue weighted by Gasteiger charge is -2.18. The summed E-state index contributed by atoms with van der Waals surface area (Å²) in [5, 5.41) is 23.2. The molecule has 0 saturated carbocycles. The van der Waals surface area contributed by atoms with Gasteiger partial charge in [0.1, 0.15) is 0 Å². The number of aromatic nitrogens is 3. The van der Waals surface area contributed by atoms with Crippen molar-refractivity contribution in [2.75, 3.05) is 5.32 Å². The Morgan fingerprint density at radius 3 is 2.81 bits per heavy atom. The Labute approximate surface area is 127 Å². The first-order chi connectivity index (χ1) is 9.97. The summed E-state index contributed by atoms with van der Waals surface area (Å²) in [5.41, 5.74) is 1.62. The number of rotatable bonds is 6. The number of H-pyrrole nitrogens is 1. The van der Waals surface area contributed by atoms with Gasteiger partial charge in [-0.05, 0) is 36.1 Å². The predicted molar refractivity (Wildman–Crippen MR) is 80.8 cm³/mol. The monoisotopic (exact) mass is 308 g/mol. The molecule has 0 spiro atoms. The molecule has 1 aromatic heterocycles. The van der Waals surface area contributed by atoms with E-state index in [1.54, 1.807) is 18.3 Å². The van der Waals surface area contributed by atoms with E-state index in [9.17, 15) is 9.90 Å². The van der Waals surface area contributed by atoms with E-state index >= 15 is 0 Å². The molecule has 0 amide bonds. The fourth-order valence-corrected chi connectivity index (χ4v) is 2.29. The normalized spacial score (nSPS) is 12.4. The predicted octanol–water partition coefficient (Wildman–Crippen LogP) is 3.10. The maximum Gasteiger partial charge on any atom is 0.307 e. The van der Waals surface area contributed by atoms with Gasteiger partial charge in [0, 0.05) is 10.7 Å². The van der Waals surface area contributed by atoms with Crippen LogP contribution in [0.3, 0.4) is 0 Å². The zero-order valence-electron chi connectivity index (χ0n) is 11.8. The number of carboxylic acids is 1. The average molecular weight is 309 g/mol. The first kappa shape index (κ1) is 15.3. The summed E-state index contributed by atoms with van der Waals surface area (Å²) in [6, 6.07) is 5.34. The lowest BCUT2D eigenvalue weighted by Crippen LogP contribution is -2.22. The van der Waals surface area contributed by atoms with Gasteiger partial charge < -0.3 is 10.4 Å². The molecule has 1 aromatic carbocycles. The van der Waals surface area contributed by atoms with E-state index in [1.165, 1.54) is 0 Å². The second kappa shape index (κ2) is 6.58. The van der Waals surface area contributed by atoms with Gasteiger partial charge in [-0.25, -0.2) is 0 Å². The van der Waals surface area contributed by atoms with Crippen molar-refractivity contribution in [3.63, 3.8) is 0 Å². The zero-order chi connectivity index (χ0) is 15.4. The fraction of sp³-hybridized carbons (Fsp3) is 0.357. The van der Waals surface area contributed by atoms with Gasteiger partial charge in [-0.1, -0.05) is 25.4 Å². The summed E-state index contributed by atoms with van der Waals surface area (Å²) in [5.74, 6) is -0.685. The summed E-state index contributed by atoms with van der Waals surface area (Å²) in [4.78, 5) is 11.4. The molecule has 1 unspecified atom stereocenters. The van der Waals surface area contributed by atoms with E-state index in [0.717, 1.165) is 11.3 Å². The van der Waals surface area contributed by atoms with Gasteiger partial charge >= 0.3 is 5.97 Å². The van der Waals surface area contributed by atoms with E-state index in [1.807, 2.05) is 19.9 Å². The van der Waals surface area contributed by atoms with Crippen LogP contribution in [0.5, 0.6) is 0 Å². The molecule has 0 aliphatic heterocycles. The molecule has 1 heterocycles. The van der Waals surface area contributed by atoms with E-state index in [2.05, 4.69) is 20.7 Å². The number of carbonyl (C=O) groups is 1. The molecule has 2 aromatic rings. The van der Waals surface area contributed by atoms with E-state index in [4.69, 9.17) is 11.6 Å². The zero-order valence-corrected chi connectivity index (χ0v) is 12.6. The Morgan fingerprint density at radius 1 is 1.48 bits per heavy atom. The van der Waals surface area contributed by atoms with Gasteiger partial charge in [-0.15, -0.1) is 5.10 Å². The molecule has 6 nitrogen and oxygen atoms in total. The third-order valence-electron chi connectivity index (χ3n) is 3.31. The van der Waals surface area contributed by atoms with E-state index in [0.29, 0.717) is 17.3 Å². The minimum atomic E-state index is -0.808. The summed E-state index contributed by atoms with van der Waals surface area (Å²) >= 11 is 6.03. The van der Waals surface area contributed by atoms with Crippen LogP contribution in [0, 0.1) is 11.8 Å². The number of halogens is 1. The maximum atomic E-state index is 11.4. The van der Waals surface area contributed by atoms with Crippen LogP contribution in [0.2, 0.25) is 5.02 Å². The Kier molecular flexibility index (Phi) is 4.80. The van der Waals surface area contributed by atoms with Gasteiger partial charge in [-0.3, -0.25) is 4.79 Å². The van der Waals surface area contributed by atoms with Crippen molar-refractivity contribution in [1.29, 1.82) is 0 Å². The highest BCUT2D eigenvalue weighted by atomic mass is 35.5. The number of benzene rings is 1. The quantitative estimate of drug-likeness (QED) is 0.762. The SMILES string of the molecule is CC(C)C(Cc1cc(Cl)ccc1Nc1cn[nH]n1)C(=O)O. The van der Waals surface area contributed by atoms with Gasteiger partial charge in [-0.2, -0.15) is 10.3 Å². The van der Waals surface area contributed by atoms with Crippen LogP contribution in [0.4, 0.5) is 11.5 Å². The lowest BCUT2D eigenvalue weighted by atomic mass is 9.89. The first-order valence-electron chi connectivity index (χ1n) is 6.61. The van der Waals surface area contributed by atoms with Crippen LogP contribution in [0.25, 0.3) is 0 Å². The smallest absolute Gasteiger partial charge is 0.307 e. The highest BCUT2D eigenvalue weighted by molar-refractivity contribution is 6.30. The molecule has 0 fully saturated rings. The van der Waals surface area contributed by atoms with Crippen LogP contribution < -0.4 is 5.32 Å². The Morgan fingerprint density at radius 2 is 2.24 bits per heavy atom. The lowest BCUT2D eigenvalue weighted by molar-refractivity contribution is -0.143. The van der Waals surface area contributed by atoms with Crippen molar-refractivity contribution in [3.05, 3.63) is 35.0 Å². The van der Waals surface area contributed by atoms with Crippen LogP contribution in [-0.2, 0) is 11.2 Å². The van der Waals surface area contributed by atoms with Crippen LogP contribution in [0.15, 0.2) is 24.4 Å². The molecule has 0 aliphatic carbocycles. The van der Waals surface area contributed by atoms with Crippen molar-refractivity contribution in [2.24, 2.45) is 11.8 Å². The van der Waals surface area contributed by atoms with Crippen LogP contribution >= 0.6 is 11.6 Å². The van der Waals surface area contributed by atoms with Crippen molar-refractivity contribution < 1.29 is 9.90 Å². The van der Waals surface area contributed by atoms with Gasteiger partial charge in [0.15, 0.2) is 5.82 Å². The maximum absolute atomic E-state index is 11.4. The van der Waals surface area contributed by atoms with E-state index < -0.39 is 11.9 Å². The largest absolute Gasteiger partial charge is 0.481 e. The number of hydrogen-bond acceptors (Lipinski definition) is 4. The number of anilines is 2. The molecule has 1 atom stereocenters. The van der Waals surface area contributed by atoms with Gasteiger partial charge in [0.2, 0.25) is 0 Å².